The average Bonchev–Trinajstić information content (AvgIpc) is 3.39. The van der Waals surface area contributed by atoms with Crippen LogP contribution >= 0.6 is 11.8 Å². The Morgan fingerprint density at radius 2 is 1.82 bits per heavy atom. The Labute approximate surface area is 166 Å². The molecule has 0 spiro atoms. The first kappa shape index (κ1) is 18.2. The van der Waals surface area contributed by atoms with E-state index in [1.807, 2.05) is 54.6 Å². The number of hydrogen-bond acceptors (Lipinski definition) is 7. The second-order valence-corrected chi connectivity index (χ2v) is 6.86. The van der Waals surface area contributed by atoms with Crippen molar-refractivity contribution in [1.29, 1.82) is 0 Å². The number of hydrogen-bond donors (Lipinski definition) is 0. The second-order valence-electron chi connectivity index (χ2n) is 5.92. The highest BCUT2D eigenvalue weighted by Gasteiger charge is 2.16. The van der Waals surface area contributed by atoms with Gasteiger partial charge in [0, 0.05) is 12.1 Å². The molecule has 0 saturated heterocycles. The Kier molecular flexibility index (Phi) is 5.38. The number of thioether (sulfide) groups is 1. The molecule has 2 heterocycles. The number of benzene rings is 2. The minimum atomic E-state index is 0.509. The molecule has 0 aliphatic rings. The molecule has 0 atom stereocenters. The van der Waals surface area contributed by atoms with Gasteiger partial charge in [0.15, 0.2) is 11.0 Å². The normalized spacial score (nSPS) is 10.9. The zero-order valence-corrected chi connectivity index (χ0v) is 16.4. The summed E-state index contributed by atoms with van der Waals surface area (Å²) in [6.45, 7) is 2.85. The van der Waals surface area contributed by atoms with Gasteiger partial charge in [0.2, 0.25) is 11.7 Å². The summed E-state index contributed by atoms with van der Waals surface area (Å²) in [6, 6.07) is 17.6. The van der Waals surface area contributed by atoms with Crippen molar-refractivity contribution in [2.24, 2.45) is 0 Å². The molecule has 2 aromatic carbocycles. The Hall–Kier alpha value is -3.13. The van der Waals surface area contributed by atoms with Crippen LogP contribution < -0.4 is 4.74 Å². The zero-order valence-electron chi connectivity index (χ0n) is 15.6. The van der Waals surface area contributed by atoms with E-state index < -0.39 is 0 Å². The van der Waals surface area contributed by atoms with Crippen molar-refractivity contribution in [1.82, 2.24) is 24.9 Å². The van der Waals surface area contributed by atoms with Crippen molar-refractivity contribution in [2.75, 3.05) is 7.11 Å². The largest absolute Gasteiger partial charge is 0.496 e. The van der Waals surface area contributed by atoms with Gasteiger partial charge in [0.1, 0.15) is 5.75 Å². The monoisotopic (exact) mass is 393 g/mol. The molecule has 0 saturated carbocycles. The highest BCUT2D eigenvalue weighted by molar-refractivity contribution is 7.98. The predicted molar refractivity (Wildman–Crippen MR) is 107 cm³/mol. The molecular formula is C20H19N5O2S. The summed E-state index contributed by atoms with van der Waals surface area (Å²) in [4.78, 5) is 4.49. The van der Waals surface area contributed by atoms with E-state index in [0.717, 1.165) is 28.7 Å². The third-order valence-corrected chi connectivity index (χ3v) is 5.16. The summed E-state index contributed by atoms with van der Waals surface area (Å²) < 4.78 is 12.9. The molecule has 0 unspecified atom stereocenters. The van der Waals surface area contributed by atoms with Crippen LogP contribution in [-0.2, 0) is 12.3 Å². The summed E-state index contributed by atoms with van der Waals surface area (Å²) in [5.74, 6) is 3.11. The number of rotatable bonds is 7. The first-order valence-corrected chi connectivity index (χ1v) is 9.86. The molecule has 0 N–H and O–H groups in total. The lowest BCUT2D eigenvalue weighted by Gasteiger charge is -2.06. The lowest BCUT2D eigenvalue weighted by Crippen LogP contribution is -1.99. The summed E-state index contributed by atoms with van der Waals surface area (Å²) >= 11 is 1.52. The van der Waals surface area contributed by atoms with Crippen LogP contribution in [0.5, 0.6) is 5.75 Å². The van der Waals surface area contributed by atoms with Gasteiger partial charge in [-0.1, -0.05) is 59.4 Å². The Morgan fingerprint density at radius 3 is 2.61 bits per heavy atom. The van der Waals surface area contributed by atoms with Crippen molar-refractivity contribution in [3.05, 3.63) is 60.5 Å². The lowest BCUT2D eigenvalue weighted by atomic mass is 10.2. The standard InChI is InChI=1S/C20H19N5O2S/c1-3-25-19(14-9-5-4-6-10-14)22-23-20(25)28-13-17-21-18(24-27-17)15-11-7-8-12-16(15)26-2/h4-12H,3,13H2,1-2H3. The number of ether oxygens (including phenoxy) is 1. The summed E-state index contributed by atoms with van der Waals surface area (Å²) in [5, 5.41) is 13.6. The minimum absolute atomic E-state index is 0.509. The molecule has 0 aliphatic carbocycles. The third kappa shape index (κ3) is 3.63. The molecule has 28 heavy (non-hydrogen) atoms. The highest BCUT2D eigenvalue weighted by Crippen LogP contribution is 2.29. The van der Waals surface area contributed by atoms with Crippen LogP contribution in [0.25, 0.3) is 22.8 Å². The first-order valence-electron chi connectivity index (χ1n) is 8.87. The number of aromatic nitrogens is 5. The van der Waals surface area contributed by atoms with Crippen molar-refractivity contribution in [2.45, 2.75) is 24.4 Å². The lowest BCUT2D eigenvalue weighted by molar-refractivity contribution is 0.390. The highest BCUT2D eigenvalue weighted by atomic mass is 32.2. The van der Waals surface area contributed by atoms with Gasteiger partial charge in [0.25, 0.3) is 0 Å². The SMILES string of the molecule is CCn1c(SCc2nc(-c3ccccc3OC)no2)nnc1-c1ccccc1. The van der Waals surface area contributed by atoms with Gasteiger partial charge in [0.05, 0.1) is 18.4 Å². The maximum atomic E-state index is 5.41. The predicted octanol–water partition coefficient (Wildman–Crippen LogP) is 4.32. The molecule has 8 heteroatoms. The number of nitrogens with zero attached hydrogens (tertiary/aromatic N) is 5. The minimum Gasteiger partial charge on any atom is -0.496 e. The fraction of sp³-hybridized carbons (Fsp3) is 0.200. The van der Waals surface area contributed by atoms with Gasteiger partial charge in [-0.25, -0.2) is 0 Å². The van der Waals surface area contributed by atoms with Crippen LogP contribution in [0.3, 0.4) is 0 Å². The second kappa shape index (κ2) is 8.26. The van der Waals surface area contributed by atoms with E-state index in [9.17, 15) is 0 Å². The van der Waals surface area contributed by atoms with Gasteiger partial charge in [-0.2, -0.15) is 4.98 Å². The molecule has 2 aromatic heterocycles. The quantitative estimate of drug-likeness (QED) is 0.433. The van der Waals surface area contributed by atoms with E-state index in [1.54, 1.807) is 7.11 Å². The molecule has 0 bridgehead atoms. The van der Waals surface area contributed by atoms with Gasteiger partial charge >= 0.3 is 0 Å². The molecule has 0 fully saturated rings. The zero-order chi connectivity index (χ0) is 19.3. The van der Waals surface area contributed by atoms with Crippen LogP contribution in [0.15, 0.2) is 64.3 Å². The Bertz CT molecular complexity index is 1060. The van der Waals surface area contributed by atoms with E-state index in [0.29, 0.717) is 23.2 Å². The summed E-state index contributed by atoms with van der Waals surface area (Å²) in [6.07, 6.45) is 0. The van der Waals surface area contributed by atoms with Gasteiger partial charge in [-0.15, -0.1) is 10.2 Å². The smallest absolute Gasteiger partial charge is 0.237 e. The fourth-order valence-electron chi connectivity index (χ4n) is 2.86. The van der Waals surface area contributed by atoms with Gasteiger partial charge in [-0.05, 0) is 19.1 Å². The van der Waals surface area contributed by atoms with Gasteiger partial charge < -0.3 is 13.8 Å². The molecule has 0 aliphatic heterocycles. The molecule has 0 amide bonds. The van der Waals surface area contributed by atoms with Crippen LogP contribution in [0.2, 0.25) is 0 Å². The van der Waals surface area contributed by atoms with E-state index >= 15 is 0 Å². The molecule has 142 valence electrons. The van der Waals surface area contributed by atoms with E-state index in [2.05, 4.69) is 31.8 Å². The Morgan fingerprint density at radius 1 is 1.04 bits per heavy atom. The summed E-state index contributed by atoms with van der Waals surface area (Å²) in [5.41, 5.74) is 1.84. The van der Waals surface area contributed by atoms with E-state index in [-0.39, 0.29) is 0 Å². The Balaban J connectivity index is 1.52. The first-order chi connectivity index (χ1) is 13.8. The molecule has 7 nitrogen and oxygen atoms in total. The number of methoxy groups -OCH3 is 1. The van der Waals surface area contributed by atoms with Crippen molar-refractivity contribution >= 4 is 11.8 Å². The van der Waals surface area contributed by atoms with Crippen LogP contribution in [-0.4, -0.2) is 32.0 Å². The van der Waals surface area contributed by atoms with Crippen molar-refractivity contribution in [3.8, 4) is 28.5 Å². The molecular weight excluding hydrogens is 374 g/mol. The molecule has 0 radical (unpaired) electrons. The molecule has 4 rings (SSSR count). The van der Waals surface area contributed by atoms with E-state index in [4.69, 9.17) is 9.26 Å². The average molecular weight is 393 g/mol. The fourth-order valence-corrected chi connectivity index (χ4v) is 3.70. The maximum absolute atomic E-state index is 5.41. The third-order valence-electron chi connectivity index (χ3n) is 4.21. The van der Waals surface area contributed by atoms with Crippen LogP contribution in [0.4, 0.5) is 0 Å². The number of para-hydroxylation sites is 1. The topological polar surface area (TPSA) is 78.9 Å². The maximum Gasteiger partial charge on any atom is 0.237 e. The van der Waals surface area contributed by atoms with Crippen LogP contribution in [0, 0.1) is 0 Å². The molecule has 4 aromatic rings. The van der Waals surface area contributed by atoms with Gasteiger partial charge in [-0.3, -0.25) is 0 Å². The van der Waals surface area contributed by atoms with E-state index in [1.165, 1.54) is 11.8 Å². The van der Waals surface area contributed by atoms with Crippen molar-refractivity contribution in [3.63, 3.8) is 0 Å². The van der Waals surface area contributed by atoms with Crippen molar-refractivity contribution < 1.29 is 9.26 Å². The summed E-state index contributed by atoms with van der Waals surface area (Å²) in [7, 11) is 1.62. The van der Waals surface area contributed by atoms with Crippen LogP contribution in [0.1, 0.15) is 12.8 Å².